The van der Waals surface area contributed by atoms with Crippen LogP contribution in [0.1, 0.15) is 11.1 Å². The van der Waals surface area contributed by atoms with Crippen molar-refractivity contribution in [3.63, 3.8) is 0 Å². The maximum absolute atomic E-state index is 6.66. The molecule has 0 aromatic heterocycles. The zero-order valence-corrected chi connectivity index (χ0v) is 16.3. The maximum atomic E-state index is 6.66. The zero-order chi connectivity index (χ0) is 16.2. The summed E-state index contributed by atoms with van der Waals surface area (Å²) in [5, 5.41) is 0. The molecule has 4 heteroatoms. The molecule has 0 bridgehead atoms. The van der Waals surface area contributed by atoms with E-state index >= 15 is 0 Å². The van der Waals surface area contributed by atoms with Gasteiger partial charge < -0.3 is 8.85 Å². The van der Waals surface area contributed by atoms with Gasteiger partial charge in [0.25, 0.3) is 0 Å². The summed E-state index contributed by atoms with van der Waals surface area (Å²) >= 11 is 0. The highest BCUT2D eigenvalue weighted by Gasteiger charge is 2.41. The highest BCUT2D eigenvalue weighted by atomic mass is 28.4. The fraction of sp³-hybridized carbons (Fsp3) is 0.333. The molecule has 118 valence electrons. The Hall–Kier alpha value is -1.21. The molecule has 0 spiro atoms. The molecular weight excluding hydrogens is 304 g/mol. The largest absolute Gasteiger partial charge is 0.387 e. The van der Waals surface area contributed by atoms with Crippen LogP contribution >= 0.6 is 0 Å². The minimum atomic E-state index is -1.83. The predicted octanol–water partition coefficient (Wildman–Crippen LogP) is 4.74. The average molecular weight is 331 g/mol. The van der Waals surface area contributed by atoms with E-state index in [-0.39, 0.29) is 0 Å². The van der Waals surface area contributed by atoms with E-state index in [0.29, 0.717) is 0 Å². The molecule has 0 fully saturated rings. The van der Waals surface area contributed by atoms with Crippen molar-refractivity contribution < 1.29 is 8.85 Å². The lowest BCUT2D eigenvalue weighted by molar-refractivity contribution is -0.0939. The maximum Gasteiger partial charge on any atom is 0.203 e. The lowest BCUT2D eigenvalue weighted by atomic mass is 9.98. The van der Waals surface area contributed by atoms with Crippen molar-refractivity contribution in [1.82, 2.24) is 0 Å². The summed E-state index contributed by atoms with van der Waals surface area (Å²) in [6.45, 7) is 11.0. The molecule has 0 aliphatic carbocycles. The third-order valence-electron chi connectivity index (χ3n) is 3.16. The van der Waals surface area contributed by atoms with E-state index in [4.69, 9.17) is 8.85 Å². The van der Waals surface area contributed by atoms with E-state index in [9.17, 15) is 0 Å². The van der Waals surface area contributed by atoms with Crippen LogP contribution in [0.2, 0.25) is 32.7 Å². The average Bonchev–Trinajstić information content (AvgIpc) is 2.46. The second kappa shape index (κ2) is 6.92. The Labute approximate surface area is 137 Å². The SMILES string of the molecule is C[SiH](C)OC(O[Si](C)(C)C)(c1ccccc1)c1ccccc1. The van der Waals surface area contributed by atoms with Crippen LogP contribution in [0.5, 0.6) is 0 Å². The van der Waals surface area contributed by atoms with E-state index in [1.807, 2.05) is 36.4 Å². The molecule has 2 aromatic carbocycles. The van der Waals surface area contributed by atoms with Gasteiger partial charge in [0.15, 0.2) is 17.4 Å². The predicted molar refractivity (Wildman–Crippen MR) is 98.1 cm³/mol. The molecule has 2 rings (SSSR count). The first-order valence-corrected chi connectivity index (χ1v) is 14.0. The molecular formula is C18H26O2Si2. The van der Waals surface area contributed by atoms with Crippen molar-refractivity contribution in [2.24, 2.45) is 0 Å². The summed E-state index contributed by atoms with van der Waals surface area (Å²) < 4.78 is 13.2. The van der Waals surface area contributed by atoms with E-state index in [2.05, 4.69) is 57.0 Å². The normalized spacial score (nSPS) is 12.6. The zero-order valence-electron chi connectivity index (χ0n) is 14.2. The number of hydrogen-bond donors (Lipinski definition) is 0. The monoisotopic (exact) mass is 330 g/mol. The molecule has 2 nitrogen and oxygen atoms in total. The van der Waals surface area contributed by atoms with Gasteiger partial charge in [-0.05, 0) is 32.7 Å². The summed E-state index contributed by atoms with van der Waals surface area (Å²) in [7, 11) is -3.16. The van der Waals surface area contributed by atoms with Crippen molar-refractivity contribution in [3.8, 4) is 0 Å². The van der Waals surface area contributed by atoms with Gasteiger partial charge in [0, 0.05) is 11.1 Å². The molecule has 22 heavy (non-hydrogen) atoms. The molecule has 0 heterocycles. The second-order valence-electron chi connectivity index (χ2n) is 6.73. The minimum Gasteiger partial charge on any atom is -0.387 e. The van der Waals surface area contributed by atoms with Gasteiger partial charge in [0.05, 0.1) is 0 Å². The lowest BCUT2D eigenvalue weighted by Crippen LogP contribution is -2.45. The molecule has 0 aliphatic heterocycles. The number of rotatable bonds is 6. The first kappa shape index (κ1) is 17.2. The summed E-state index contributed by atoms with van der Waals surface area (Å²) in [4.78, 5) is 0. The topological polar surface area (TPSA) is 18.5 Å². The summed E-state index contributed by atoms with van der Waals surface area (Å²) in [6, 6.07) is 20.7. The van der Waals surface area contributed by atoms with Gasteiger partial charge in [-0.3, -0.25) is 0 Å². The summed E-state index contributed by atoms with van der Waals surface area (Å²) in [5.41, 5.74) is 2.15. The number of benzene rings is 2. The van der Waals surface area contributed by atoms with Crippen LogP contribution in [-0.4, -0.2) is 17.4 Å². The van der Waals surface area contributed by atoms with Gasteiger partial charge in [-0.25, -0.2) is 0 Å². The van der Waals surface area contributed by atoms with Crippen molar-refractivity contribution in [1.29, 1.82) is 0 Å². The minimum absolute atomic E-state index is 0.784. The summed E-state index contributed by atoms with van der Waals surface area (Å²) in [5.74, 6) is -0.784. The Morgan fingerprint density at radius 3 is 1.50 bits per heavy atom. The van der Waals surface area contributed by atoms with E-state index in [0.717, 1.165) is 11.1 Å². The van der Waals surface area contributed by atoms with Crippen LogP contribution in [0.25, 0.3) is 0 Å². The standard InChI is InChI=1S/C18H26O2Si2/c1-21(2)19-18(20-22(3,4)5,16-12-8-6-9-13-16)17-14-10-7-11-15-17/h6-15,21H,1-5H3. The van der Waals surface area contributed by atoms with Crippen LogP contribution in [0.15, 0.2) is 60.7 Å². The van der Waals surface area contributed by atoms with Crippen LogP contribution in [0.4, 0.5) is 0 Å². The molecule has 0 radical (unpaired) electrons. The quantitative estimate of drug-likeness (QED) is 0.562. The Morgan fingerprint density at radius 2 is 1.18 bits per heavy atom. The van der Waals surface area contributed by atoms with Crippen LogP contribution < -0.4 is 0 Å². The fourth-order valence-corrected chi connectivity index (χ4v) is 4.75. The Balaban J connectivity index is 2.63. The molecule has 0 saturated heterocycles. The second-order valence-corrected chi connectivity index (χ2v) is 13.5. The van der Waals surface area contributed by atoms with Crippen LogP contribution in [0, 0.1) is 0 Å². The summed E-state index contributed by atoms with van der Waals surface area (Å²) in [6.07, 6.45) is 0. The van der Waals surface area contributed by atoms with Crippen LogP contribution in [0.3, 0.4) is 0 Å². The van der Waals surface area contributed by atoms with Crippen molar-refractivity contribution >= 4 is 17.4 Å². The molecule has 0 atom stereocenters. The van der Waals surface area contributed by atoms with Crippen molar-refractivity contribution in [2.75, 3.05) is 0 Å². The van der Waals surface area contributed by atoms with Crippen LogP contribution in [-0.2, 0) is 14.6 Å². The molecule has 0 unspecified atom stereocenters. The van der Waals surface area contributed by atoms with E-state index in [1.165, 1.54) is 0 Å². The molecule has 0 N–H and O–H groups in total. The Bertz CT molecular complexity index is 538. The van der Waals surface area contributed by atoms with Gasteiger partial charge >= 0.3 is 0 Å². The molecule has 2 aromatic rings. The smallest absolute Gasteiger partial charge is 0.203 e. The Morgan fingerprint density at radius 1 is 0.773 bits per heavy atom. The van der Waals surface area contributed by atoms with Gasteiger partial charge in [-0.2, -0.15) is 0 Å². The highest BCUT2D eigenvalue weighted by molar-refractivity contribution is 6.69. The van der Waals surface area contributed by atoms with E-state index < -0.39 is 23.1 Å². The van der Waals surface area contributed by atoms with Gasteiger partial charge in [-0.15, -0.1) is 0 Å². The Kier molecular flexibility index (Phi) is 5.39. The molecule has 0 amide bonds. The van der Waals surface area contributed by atoms with Gasteiger partial charge in [0.2, 0.25) is 5.79 Å². The lowest BCUT2D eigenvalue weighted by Gasteiger charge is -2.41. The van der Waals surface area contributed by atoms with E-state index in [1.54, 1.807) is 0 Å². The number of hydrogen-bond acceptors (Lipinski definition) is 2. The highest BCUT2D eigenvalue weighted by Crippen LogP contribution is 2.38. The molecule has 0 aliphatic rings. The molecule has 0 saturated carbocycles. The fourth-order valence-electron chi connectivity index (χ4n) is 2.52. The van der Waals surface area contributed by atoms with Crippen molar-refractivity contribution in [3.05, 3.63) is 71.8 Å². The van der Waals surface area contributed by atoms with Gasteiger partial charge in [-0.1, -0.05) is 60.7 Å². The first-order valence-electron chi connectivity index (χ1n) is 7.82. The third-order valence-corrected chi connectivity index (χ3v) is 4.86. The van der Waals surface area contributed by atoms with Crippen molar-refractivity contribution in [2.45, 2.75) is 38.5 Å². The third kappa shape index (κ3) is 4.17. The first-order chi connectivity index (χ1) is 10.3. The van der Waals surface area contributed by atoms with Gasteiger partial charge in [0.1, 0.15) is 0 Å².